The Hall–Kier alpha value is -0.120. The zero-order valence-corrected chi connectivity index (χ0v) is 12.1. The highest BCUT2D eigenvalue weighted by atomic mass is 79.9. The van der Waals surface area contributed by atoms with Crippen LogP contribution in [0.15, 0.2) is 18.2 Å². The molecule has 1 nitrogen and oxygen atoms in total. The second kappa shape index (κ2) is 5.48. The number of alkyl halides is 1. The van der Waals surface area contributed by atoms with Gasteiger partial charge in [-0.2, -0.15) is 0 Å². The summed E-state index contributed by atoms with van der Waals surface area (Å²) in [4.78, 5) is 2.20. The highest BCUT2D eigenvalue weighted by Crippen LogP contribution is 2.21. The van der Waals surface area contributed by atoms with E-state index in [1.54, 1.807) is 12.1 Å². The van der Waals surface area contributed by atoms with Gasteiger partial charge in [-0.15, -0.1) is 0 Å². The molecule has 0 aliphatic heterocycles. The monoisotopic (exact) mass is 307 g/mol. The van der Waals surface area contributed by atoms with Gasteiger partial charge >= 0.3 is 0 Å². The fourth-order valence-electron chi connectivity index (χ4n) is 1.23. The Morgan fingerprint density at radius 3 is 2.56 bits per heavy atom. The van der Waals surface area contributed by atoms with Crippen molar-refractivity contribution in [3.8, 4) is 0 Å². The minimum absolute atomic E-state index is 0.0564. The van der Waals surface area contributed by atoms with Gasteiger partial charge in [0.1, 0.15) is 5.82 Å². The van der Waals surface area contributed by atoms with Crippen LogP contribution in [0.25, 0.3) is 0 Å². The van der Waals surface area contributed by atoms with Crippen LogP contribution in [0.2, 0.25) is 5.02 Å². The lowest BCUT2D eigenvalue weighted by Gasteiger charge is -2.34. The van der Waals surface area contributed by atoms with E-state index in [1.807, 2.05) is 7.05 Å². The summed E-state index contributed by atoms with van der Waals surface area (Å²) in [5, 5.41) is 1.06. The molecule has 0 amide bonds. The third kappa shape index (κ3) is 3.44. The first kappa shape index (κ1) is 13.9. The van der Waals surface area contributed by atoms with E-state index in [9.17, 15) is 4.39 Å². The molecule has 0 heterocycles. The lowest BCUT2D eigenvalue weighted by Crippen LogP contribution is -2.41. The van der Waals surface area contributed by atoms with Crippen molar-refractivity contribution in [1.29, 1.82) is 0 Å². The third-order valence-electron chi connectivity index (χ3n) is 2.76. The minimum atomic E-state index is -0.368. The zero-order valence-electron chi connectivity index (χ0n) is 9.73. The molecule has 1 rings (SSSR count). The Morgan fingerprint density at radius 1 is 1.44 bits per heavy atom. The molecule has 0 atom stereocenters. The van der Waals surface area contributed by atoms with Gasteiger partial charge in [0.25, 0.3) is 0 Å². The third-order valence-corrected chi connectivity index (χ3v) is 4.43. The molecular weight excluding hydrogens is 292 g/mol. The van der Waals surface area contributed by atoms with Gasteiger partial charge in [-0.05, 0) is 38.6 Å². The van der Waals surface area contributed by atoms with Gasteiger partial charge < -0.3 is 0 Å². The van der Waals surface area contributed by atoms with Crippen LogP contribution in [0.5, 0.6) is 0 Å². The molecule has 0 N–H and O–H groups in total. The lowest BCUT2D eigenvalue weighted by atomic mass is 10.1. The van der Waals surface area contributed by atoms with Gasteiger partial charge in [0.05, 0.1) is 5.02 Å². The van der Waals surface area contributed by atoms with Gasteiger partial charge in [0.2, 0.25) is 0 Å². The van der Waals surface area contributed by atoms with Gasteiger partial charge in [0, 0.05) is 17.4 Å². The van der Waals surface area contributed by atoms with Crippen molar-refractivity contribution in [2.45, 2.75) is 25.9 Å². The second-order valence-electron chi connectivity index (χ2n) is 4.55. The molecule has 90 valence electrons. The zero-order chi connectivity index (χ0) is 12.3. The number of halogens is 3. The number of hydrogen-bond acceptors (Lipinski definition) is 1. The maximum Gasteiger partial charge on any atom is 0.141 e. The van der Waals surface area contributed by atoms with E-state index < -0.39 is 0 Å². The molecule has 0 aliphatic carbocycles. The maximum absolute atomic E-state index is 13.0. The van der Waals surface area contributed by atoms with E-state index >= 15 is 0 Å². The predicted octanol–water partition coefficient (Wildman–Crippen LogP) is 4.08. The molecule has 0 aromatic heterocycles. The van der Waals surface area contributed by atoms with Gasteiger partial charge in [0.15, 0.2) is 0 Å². The SMILES string of the molecule is CN(Cc1ccc(F)c(Cl)c1)C(C)(C)CBr. The summed E-state index contributed by atoms with van der Waals surface area (Å²) in [6.45, 7) is 5.04. The highest BCUT2D eigenvalue weighted by molar-refractivity contribution is 9.09. The van der Waals surface area contributed by atoms with Crippen LogP contribution < -0.4 is 0 Å². The molecule has 1 aromatic carbocycles. The molecule has 16 heavy (non-hydrogen) atoms. The lowest BCUT2D eigenvalue weighted by molar-refractivity contribution is 0.173. The molecule has 0 unspecified atom stereocenters. The Labute approximate surface area is 110 Å². The Balaban J connectivity index is 2.77. The van der Waals surface area contributed by atoms with E-state index in [2.05, 4.69) is 34.7 Å². The molecule has 4 heteroatoms. The Bertz CT molecular complexity index is 368. The summed E-state index contributed by atoms with van der Waals surface area (Å²) in [6.07, 6.45) is 0. The van der Waals surface area contributed by atoms with Gasteiger partial charge in [-0.1, -0.05) is 33.6 Å². The van der Waals surface area contributed by atoms with Crippen molar-refractivity contribution in [3.63, 3.8) is 0 Å². The predicted molar refractivity (Wildman–Crippen MR) is 70.8 cm³/mol. The molecule has 0 saturated carbocycles. The average Bonchev–Trinajstić information content (AvgIpc) is 2.23. The highest BCUT2D eigenvalue weighted by Gasteiger charge is 2.21. The summed E-state index contributed by atoms with van der Waals surface area (Å²) in [5.41, 5.74) is 1.07. The smallest absolute Gasteiger partial charge is 0.141 e. The van der Waals surface area contributed by atoms with E-state index in [0.29, 0.717) is 0 Å². The van der Waals surface area contributed by atoms with Crippen LogP contribution in [-0.2, 0) is 6.54 Å². The van der Waals surface area contributed by atoms with E-state index in [4.69, 9.17) is 11.6 Å². The number of benzene rings is 1. The largest absolute Gasteiger partial charge is 0.296 e. The molecule has 1 aromatic rings. The molecule has 0 bridgehead atoms. The van der Waals surface area contributed by atoms with Crippen LogP contribution in [-0.4, -0.2) is 22.8 Å². The fourth-order valence-corrected chi connectivity index (χ4v) is 1.86. The van der Waals surface area contributed by atoms with Gasteiger partial charge in [-0.3, -0.25) is 4.90 Å². The maximum atomic E-state index is 13.0. The van der Waals surface area contributed by atoms with Crippen molar-refractivity contribution >= 4 is 27.5 Å². The summed E-state index contributed by atoms with van der Waals surface area (Å²) in [6, 6.07) is 4.85. The normalized spacial score (nSPS) is 12.2. The molecule has 0 spiro atoms. The van der Waals surface area contributed by atoms with Crippen molar-refractivity contribution in [3.05, 3.63) is 34.6 Å². The number of rotatable bonds is 4. The quantitative estimate of drug-likeness (QED) is 0.758. The van der Waals surface area contributed by atoms with Crippen molar-refractivity contribution in [2.75, 3.05) is 12.4 Å². The molecule has 0 fully saturated rings. The van der Waals surface area contributed by atoms with Gasteiger partial charge in [-0.25, -0.2) is 4.39 Å². The first-order valence-corrected chi connectivity index (χ1v) is 6.58. The number of hydrogen-bond donors (Lipinski definition) is 0. The fraction of sp³-hybridized carbons (Fsp3) is 0.500. The van der Waals surface area contributed by atoms with Crippen molar-refractivity contribution in [1.82, 2.24) is 4.90 Å². The van der Waals surface area contributed by atoms with Crippen LogP contribution >= 0.6 is 27.5 Å². The standard InChI is InChI=1S/C12H16BrClFN/c1-12(2,8-13)16(3)7-9-4-5-11(15)10(14)6-9/h4-6H,7-8H2,1-3H3. The first-order chi connectivity index (χ1) is 7.36. The second-order valence-corrected chi connectivity index (χ2v) is 5.52. The summed E-state index contributed by atoms with van der Waals surface area (Å²) >= 11 is 9.23. The van der Waals surface area contributed by atoms with E-state index in [-0.39, 0.29) is 16.4 Å². The molecule has 0 aliphatic rings. The minimum Gasteiger partial charge on any atom is -0.296 e. The van der Waals surface area contributed by atoms with Crippen LogP contribution in [0.3, 0.4) is 0 Å². The molecule has 0 radical (unpaired) electrons. The van der Waals surface area contributed by atoms with E-state index in [0.717, 1.165) is 17.4 Å². The summed E-state index contributed by atoms with van der Waals surface area (Å²) < 4.78 is 13.0. The van der Waals surface area contributed by atoms with Crippen molar-refractivity contribution < 1.29 is 4.39 Å². The van der Waals surface area contributed by atoms with Crippen LogP contribution in [0, 0.1) is 5.82 Å². The average molecular weight is 309 g/mol. The van der Waals surface area contributed by atoms with Crippen LogP contribution in [0.4, 0.5) is 4.39 Å². The number of nitrogens with zero attached hydrogens (tertiary/aromatic N) is 1. The Morgan fingerprint density at radius 2 is 2.06 bits per heavy atom. The van der Waals surface area contributed by atoms with E-state index in [1.165, 1.54) is 6.07 Å². The van der Waals surface area contributed by atoms with Crippen LogP contribution in [0.1, 0.15) is 19.4 Å². The molecule has 0 saturated heterocycles. The summed E-state index contributed by atoms with van der Waals surface area (Å²) in [7, 11) is 2.04. The van der Waals surface area contributed by atoms with Crippen molar-refractivity contribution in [2.24, 2.45) is 0 Å². The topological polar surface area (TPSA) is 3.24 Å². The first-order valence-electron chi connectivity index (χ1n) is 5.08. The Kier molecular flexibility index (Phi) is 4.77. The molecular formula is C12H16BrClFN. The summed E-state index contributed by atoms with van der Waals surface area (Å²) in [5.74, 6) is -0.368.